The molecule has 2 N–H and O–H groups in total. The van der Waals surface area contributed by atoms with Crippen LogP contribution < -0.4 is 4.72 Å². The highest BCUT2D eigenvalue weighted by atomic mass is 32.2. The lowest BCUT2D eigenvalue weighted by Gasteiger charge is -2.13. The monoisotopic (exact) mass is 404 g/mol. The van der Waals surface area contributed by atoms with Crippen molar-refractivity contribution in [3.05, 3.63) is 58.8 Å². The summed E-state index contributed by atoms with van der Waals surface area (Å²) in [6, 6.07) is 5.83. The summed E-state index contributed by atoms with van der Waals surface area (Å²) in [6.45, 7) is 1.81. The Labute approximate surface area is 160 Å². The zero-order chi connectivity index (χ0) is 20.1. The molecule has 0 fully saturated rings. The average Bonchev–Trinajstić information content (AvgIpc) is 3.01. The predicted molar refractivity (Wildman–Crippen MR) is 102 cm³/mol. The van der Waals surface area contributed by atoms with Gasteiger partial charge in [-0.1, -0.05) is 6.92 Å². The van der Waals surface area contributed by atoms with Crippen molar-refractivity contribution in [1.29, 1.82) is 0 Å². The SMILES string of the molecule is CCc1cc2c3c([nH]c2cc1S(=O)(=O)Nc1ccc(F)cc1F)CCCC3=O. The van der Waals surface area contributed by atoms with Crippen LogP contribution in [0.3, 0.4) is 0 Å². The maximum Gasteiger partial charge on any atom is 0.262 e. The first-order chi connectivity index (χ1) is 13.3. The maximum absolute atomic E-state index is 13.9. The van der Waals surface area contributed by atoms with Crippen LogP contribution in [0.4, 0.5) is 14.5 Å². The zero-order valence-corrected chi connectivity index (χ0v) is 15.9. The van der Waals surface area contributed by atoms with Gasteiger partial charge >= 0.3 is 0 Å². The van der Waals surface area contributed by atoms with Gasteiger partial charge in [0.1, 0.15) is 11.6 Å². The van der Waals surface area contributed by atoms with Gasteiger partial charge in [0.05, 0.1) is 10.6 Å². The molecule has 1 aliphatic rings. The molecule has 0 radical (unpaired) electrons. The fraction of sp³-hybridized carbons (Fsp3) is 0.250. The molecule has 0 amide bonds. The number of benzene rings is 2. The minimum atomic E-state index is -4.12. The number of H-pyrrole nitrogens is 1. The Morgan fingerprint density at radius 1 is 1.14 bits per heavy atom. The zero-order valence-electron chi connectivity index (χ0n) is 15.1. The minimum Gasteiger partial charge on any atom is -0.358 e. The average molecular weight is 404 g/mol. The Hall–Kier alpha value is -2.74. The standard InChI is InChI=1S/C20H18F2N2O3S/c1-2-11-8-13-17(23-16-4-3-5-18(25)20(13)16)10-19(11)28(26,27)24-15-7-6-12(21)9-14(15)22/h6-10,23-24H,2-5H2,1H3. The van der Waals surface area contributed by atoms with Crippen molar-refractivity contribution in [1.82, 2.24) is 4.98 Å². The van der Waals surface area contributed by atoms with Crippen molar-refractivity contribution in [2.24, 2.45) is 0 Å². The summed E-state index contributed by atoms with van der Waals surface area (Å²) < 4.78 is 55.0. The molecular weight excluding hydrogens is 386 g/mol. The van der Waals surface area contributed by atoms with Gasteiger partial charge in [-0.05, 0) is 49.1 Å². The lowest BCUT2D eigenvalue weighted by Crippen LogP contribution is -2.16. The minimum absolute atomic E-state index is 0.00253. The molecule has 0 spiro atoms. The number of sulfonamides is 1. The molecule has 0 saturated heterocycles. The molecule has 2 aromatic carbocycles. The molecular formula is C20H18F2N2O3S. The van der Waals surface area contributed by atoms with Crippen LogP contribution in [0.15, 0.2) is 35.2 Å². The highest BCUT2D eigenvalue weighted by Crippen LogP contribution is 2.33. The predicted octanol–water partition coefficient (Wildman–Crippen LogP) is 4.33. The topological polar surface area (TPSA) is 79.0 Å². The van der Waals surface area contributed by atoms with Gasteiger partial charge in [0.15, 0.2) is 5.78 Å². The number of nitrogens with one attached hydrogen (secondary N) is 2. The highest BCUT2D eigenvalue weighted by Gasteiger charge is 2.26. The fourth-order valence-electron chi connectivity index (χ4n) is 3.68. The lowest BCUT2D eigenvalue weighted by molar-refractivity contribution is 0.0974. The van der Waals surface area contributed by atoms with Crippen LogP contribution in [0.1, 0.15) is 41.4 Å². The van der Waals surface area contributed by atoms with Crippen LogP contribution in [0, 0.1) is 11.6 Å². The molecule has 1 heterocycles. The van der Waals surface area contributed by atoms with E-state index in [1.54, 1.807) is 13.0 Å². The van der Waals surface area contributed by atoms with Gasteiger partial charge in [0, 0.05) is 34.6 Å². The summed E-state index contributed by atoms with van der Waals surface area (Å²) in [5.41, 5.74) is 2.20. The van der Waals surface area contributed by atoms with E-state index in [-0.39, 0.29) is 16.4 Å². The number of fused-ring (bicyclic) bond motifs is 3. The summed E-state index contributed by atoms with van der Waals surface area (Å²) in [5.74, 6) is -1.74. The van der Waals surface area contributed by atoms with E-state index in [1.807, 2.05) is 0 Å². The second kappa shape index (κ2) is 6.70. The van der Waals surface area contributed by atoms with E-state index >= 15 is 0 Å². The quantitative estimate of drug-likeness (QED) is 0.679. The third kappa shape index (κ3) is 3.07. The second-order valence-corrected chi connectivity index (χ2v) is 8.49. The fourth-order valence-corrected chi connectivity index (χ4v) is 5.06. The molecule has 0 aliphatic heterocycles. The Morgan fingerprint density at radius 3 is 2.64 bits per heavy atom. The van der Waals surface area contributed by atoms with Crippen LogP contribution in [0.5, 0.6) is 0 Å². The molecule has 1 aromatic heterocycles. The first kappa shape index (κ1) is 18.6. The molecule has 0 unspecified atom stereocenters. The summed E-state index contributed by atoms with van der Waals surface area (Å²) in [5, 5.41) is 0.712. The Bertz CT molecular complexity index is 1220. The van der Waals surface area contributed by atoms with Gasteiger partial charge in [-0.3, -0.25) is 9.52 Å². The van der Waals surface area contributed by atoms with E-state index in [1.165, 1.54) is 6.07 Å². The number of ketones is 1. The summed E-state index contributed by atoms with van der Waals surface area (Å²) in [6.07, 6.45) is 2.38. The van der Waals surface area contributed by atoms with Crippen molar-refractivity contribution in [2.45, 2.75) is 37.5 Å². The Morgan fingerprint density at radius 2 is 1.93 bits per heavy atom. The Kier molecular flexibility index (Phi) is 4.45. The first-order valence-corrected chi connectivity index (χ1v) is 10.5. The number of aromatic nitrogens is 1. The summed E-state index contributed by atoms with van der Waals surface area (Å²) >= 11 is 0. The van der Waals surface area contributed by atoms with Gasteiger partial charge in [0.2, 0.25) is 0 Å². The van der Waals surface area contributed by atoms with E-state index in [9.17, 15) is 22.0 Å². The second-order valence-electron chi connectivity index (χ2n) is 6.84. The highest BCUT2D eigenvalue weighted by molar-refractivity contribution is 7.92. The molecule has 8 heteroatoms. The molecule has 3 aromatic rings. The number of halogens is 2. The number of Topliss-reactive ketones (excluding diaryl/α,β-unsaturated/α-hetero) is 1. The number of carbonyl (C=O) groups is 1. The van der Waals surface area contributed by atoms with E-state index in [4.69, 9.17) is 0 Å². The van der Waals surface area contributed by atoms with E-state index in [2.05, 4.69) is 9.71 Å². The van der Waals surface area contributed by atoms with Crippen LogP contribution in [0.25, 0.3) is 10.9 Å². The van der Waals surface area contributed by atoms with Crippen LogP contribution in [0.2, 0.25) is 0 Å². The summed E-state index contributed by atoms with van der Waals surface area (Å²) in [4.78, 5) is 15.5. The maximum atomic E-state index is 13.9. The van der Waals surface area contributed by atoms with E-state index in [0.29, 0.717) is 40.9 Å². The number of hydrogen-bond acceptors (Lipinski definition) is 3. The van der Waals surface area contributed by atoms with Crippen molar-refractivity contribution >= 4 is 32.4 Å². The largest absolute Gasteiger partial charge is 0.358 e. The third-order valence-electron chi connectivity index (χ3n) is 5.01. The third-order valence-corrected chi connectivity index (χ3v) is 6.46. The van der Waals surface area contributed by atoms with Crippen LogP contribution in [-0.4, -0.2) is 19.2 Å². The van der Waals surface area contributed by atoms with Crippen molar-refractivity contribution in [2.75, 3.05) is 4.72 Å². The first-order valence-electron chi connectivity index (χ1n) is 8.98. The van der Waals surface area contributed by atoms with Crippen molar-refractivity contribution in [3.63, 3.8) is 0 Å². The number of hydrogen-bond donors (Lipinski definition) is 2. The summed E-state index contributed by atoms with van der Waals surface area (Å²) in [7, 11) is -4.12. The number of rotatable bonds is 4. The van der Waals surface area contributed by atoms with Gasteiger partial charge in [-0.25, -0.2) is 17.2 Å². The van der Waals surface area contributed by atoms with Gasteiger partial charge < -0.3 is 4.98 Å². The van der Waals surface area contributed by atoms with Crippen molar-refractivity contribution in [3.8, 4) is 0 Å². The number of aromatic amines is 1. The van der Waals surface area contributed by atoms with E-state index < -0.39 is 21.7 Å². The van der Waals surface area contributed by atoms with Crippen LogP contribution >= 0.6 is 0 Å². The van der Waals surface area contributed by atoms with E-state index in [0.717, 1.165) is 30.7 Å². The molecule has 28 heavy (non-hydrogen) atoms. The normalized spacial score (nSPS) is 14.3. The number of aryl methyl sites for hydroxylation is 2. The molecule has 1 aliphatic carbocycles. The molecule has 5 nitrogen and oxygen atoms in total. The molecule has 4 rings (SSSR count). The van der Waals surface area contributed by atoms with Crippen LogP contribution in [-0.2, 0) is 22.9 Å². The van der Waals surface area contributed by atoms with Gasteiger partial charge in [-0.15, -0.1) is 0 Å². The Balaban J connectivity index is 1.84. The lowest BCUT2D eigenvalue weighted by atomic mass is 9.94. The smallest absolute Gasteiger partial charge is 0.262 e. The molecule has 0 saturated carbocycles. The molecule has 0 atom stereocenters. The number of carbonyl (C=O) groups excluding carboxylic acids is 1. The van der Waals surface area contributed by atoms with Crippen molar-refractivity contribution < 1.29 is 22.0 Å². The molecule has 0 bridgehead atoms. The van der Waals surface area contributed by atoms with Gasteiger partial charge in [-0.2, -0.15) is 0 Å². The molecule has 146 valence electrons. The van der Waals surface area contributed by atoms with Gasteiger partial charge in [0.25, 0.3) is 10.0 Å². The number of anilines is 1.